The molecule has 1 saturated carbocycles. The molecule has 0 aromatic carbocycles. The summed E-state index contributed by atoms with van der Waals surface area (Å²) in [7, 11) is 0. The molecule has 2 heterocycles. The number of amides is 1. The summed E-state index contributed by atoms with van der Waals surface area (Å²) in [5.74, 6) is 0.947. The van der Waals surface area contributed by atoms with Crippen LogP contribution in [0.1, 0.15) is 30.8 Å². The summed E-state index contributed by atoms with van der Waals surface area (Å²) in [6.07, 6.45) is 3.95. The number of aliphatic hydroxyl groups excluding tert-OH is 1. The van der Waals surface area contributed by atoms with Crippen LogP contribution in [-0.2, 0) is 17.8 Å². The summed E-state index contributed by atoms with van der Waals surface area (Å²) < 4.78 is 1.61. The summed E-state index contributed by atoms with van der Waals surface area (Å²) in [4.78, 5) is 16.6. The molecule has 0 saturated heterocycles. The van der Waals surface area contributed by atoms with E-state index in [1.807, 2.05) is 18.2 Å². The molecule has 1 aliphatic rings. The van der Waals surface area contributed by atoms with Gasteiger partial charge in [0.15, 0.2) is 0 Å². The van der Waals surface area contributed by atoms with Gasteiger partial charge >= 0.3 is 0 Å². The summed E-state index contributed by atoms with van der Waals surface area (Å²) in [5.41, 5.74) is 0.945. The molecule has 0 radical (unpaired) electrons. The molecule has 8 nitrogen and oxygen atoms in total. The Kier molecular flexibility index (Phi) is 5.14. The van der Waals surface area contributed by atoms with Gasteiger partial charge in [0.25, 0.3) is 0 Å². The number of nitrogens with one attached hydrogen (secondary N) is 1. The van der Waals surface area contributed by atoms with Crippen LogP contribution in [0.5, 0.6) is 0 Å². The van der Waals surface area contributed by atoms with Crippen molar-refractivity contribution in [1.82, 2.24) is 30.5 Å². The smallest absolute Gasteiger partial charge is 0.222 e. The molecule has 8 heteroatoms. The van der Waals surface area contributed by atoms with E-state index in [2.05, 4.69) is 25.8 Å². The third kappa shape index (κ3) is 4.14. The van der Waals surface area contributed by atoms with E-state index >= 15 is 0 Å². The number of carbonyl (C=O) groups is 1. The summed E-state index contributed by atoms with van der Waals surface area (Å²) in [6, 6.07) is 5.76. The molecule has 1 atom stereocenters. The quantitative estimate of drug-likeness (QED) is 0.754. The monoisotopic (exact) mass is 330 g/mol. The Balaban J connectivity index is 1.56. The lowest BCUT2D eigenvalue weighted by molar-refractivity contribution is -0.123. The van der Waals surface area contributed by atoms with E-state index in [1.165, 1.54) is 0 Å². The minimum Gasteiger partial charge on any atom is -0.393 e. The number of nitrogens with zero attached hydrogens (tertiary/aromatic N) is 5. The first-order valence-corrected chi connectivity index (χ1v) is 8.22. The van der Waals surface area contributed by atoms with E-state index in [4.69, 9.17) is 0 Å². The van der Waals surface area contributed by atoms with Gasteiger partial charge in [-0.3, -0.25) is 9.78 Å². The lowest BCUT2D eigenvalue weighted by Gasteiger charge is -2.38. The standard InChI is InChI=1S/C16H22N6O2/c1-11-19-20-21-22(11)7-5-16(24)18-15(12-8-14(23)9-12)10-13-4-2-3-6-17-13/h2-4,6,12,14-15,23H,5,7-10H2,1H3,(H,18,24)/t12?,14?,15-/m0/s1. The Hall–Kier alpha value is -2.35. The van der Waals surface area contributed by atoms with E-state index < -0.39 is 0 Å². The third-order valence-electron chi connectivity index (χ3n) is 4.48. The second kappa shape index (κ2) is 7.48. The van der Waals surface area contributed by atoms with E-state index in [1.54, 1.807) is 17.8 Å². The van der Waals surface area contributed by atoms with Gasteiger partial charge in [-0.05, 0) is 48.2 Å². The summed E-state index contributed by atoms with van der Waals surface area (Å²) in [5, 5.41) is 23.9. The van der Waals surface area contributed by atoms with Crippen LogP contribution in [0.3, 0.4) is 0 Å². The molecule has 1 fully saturated rings. The molecule has 2 aromatic heterocycles. The molecule has 3 rings (SSSR count). The molecular formula is C16H22N6O2. The van der Waals surface area contributed by atoms with Gasteiger partial charge in [-0.15, -0.1) is 5.10 Å². The van der Waals surface area contributed by atoms with Crippen molar-refractivity contribution < 1.29 is 9.90 Å². The van der Waals surface area contributed by atoms with Crippen molar-refractivity contribution in [2.45, 2.75) is 51.3 Å². The zero-order chi connectivity index (χ0) is 16.9. The van der Waals surface area contributed by atoms with Crippen LogP contribution in [0.4, 0.5) is 0 Å². The first kappa shape index (κ1) is 16.5. The highest BCUT2D eigenvalue weighted by Gasteiger charge is 2.34. The largest absolute Gasteiger partial charge is 0.393 e. The highest BCUT2D eigenvalue weighted by molar-refractivity contribution is 5.76. The molecular weight excluding hydrogens is 308 g/mol. The van der Waals surface area contributed by atoms with Crippen LogP contribution in [0.25, 0.3) is 0 Å². The fraction of sp³-hybridized carbons (Fsp3) is 0.562. The van der Waals surface area contributed by atoms with Crippen molar-refractivity contribution in [3.63, 3.8) is 0 Å². The van der Waals surface area contributed by atoms with Gasteiger partial charge in [0.05, 0.1) is 12.6 Å². The molecule has 128 valence electrons. The highest BCUT2D eigenvalue weighted by atomic mass is 16.3. The Morgan fingerprint density at radius 2 is 2.29 bits per heavy atom. The second-order valence-electron chi connectivity index (χ2n) is 6.28. The SMILES string of the molecule is Cc1nnnn1CCC(=O)N[C@@H](Cc1ccccn1)C1CC(O)C1. The van der Waals surface area contributed by atoms with Crippen molar-refractivity contribution >= 4 is 5.91 Å². The summed E-state index contributed by atoms with van der Waals surface area (Å²) >= 11 is 0. The molecule has 2 N–H and O–H groups in total. The van der Waals surface area contributed by atoms with Gasteiger partial charge in [0, 0.05) is 30.8 Å². The van der Waals surface area contributed by atoms with Crippen molar-refractivity contribution in [1.29, 1.82) is 0 Å². The molecule has 0 spiro atoms. The molecule has 0 bridgehead atoms. The lowest BCUT2D eigenvalue weighted by atomic mass is 9.76. The maximum Gasteiger partial charge on any atom is 0.222 e. The van der Waals surface area contributed by atoms with Crippen LogP contribution < -0.4 is 5.32 Å². The number of pyridine rings is 1. The predicted molar refractivity (Wildman–Crippen MR) is 85.8 cm³/mol. The molecule has 24 heavy (non-hydrogen) atoms. The Morgan fingerprint density at radius 3 is 2.92 bits per heavy atom. The van der Waals surface area contributed by atoms with Gasteiger partial charge in [-0.2, -0.15) is 0 Å². The van der Waals surface area contributed by atoms with E-state index in [-0.39, 0.29) is 18.1 Å². The number of aliphatic hydroxyl groups is 1. The van der Waals surface area contributed by atoms with E-state index in [0.717, 1.165) is 18.5 Å². The minimum absolute atomic E-state index is 0.00855. The van der Waals surface area contributed by atoms with Crippen molar-refractivity contribution in [3.05, 3.63) is 35.9 Å². The van der Waals surface area contributed by atoms with Crippen LogP contribution in [-0.4, -0.2) is 48.4 Å². The molecule has 0 aliphatic heterocycles. The third-order valence-corrected chi connectivity index (χ3v) is 4.48. The number of hydrogen-bond acceptors (Lipinski definition) is 6. The number of tetrazole rings is 1. The van der Waals surface area contributed by atoms with E-state index in [0.29, 0.717) is 31.1 Å². The average molecular weight is 330 g/mol. The molecule has 1 aliphatic carbocycles. The topological polar surface area (TPSA) is 106 Å². The van der Waals surface area contributed by atoms with Crippen molar-refractivity contribution in [2.24, 2.45) is 5.92 Å². The number of carbonyl (C=O) groups excluding carboxylic acids is 1. The fourth-order valence-electron chi connectivity index (χ4n) is 2.98. The normalized spacial score (nSPS) is 21.1. The first-order valence-electron chi connectivity index (χ1n) is 8.22. The van der Waals surface area contributed by atoms with Crippen molar-refractivity contribution in [2.75, 3.05) is 0 Å². The van der Waals surface area contributed by atoms with Gasteiger partial charge < -0.3 is 10.4 Å². The molecule has 0 unspecified atom stereocenters. The Morgan fingerprint density at radius 1 is 1.46 bits per heavy atom. The number of hydrogen-bond donors (Lipinski definition) is 2. The van der Waals surface area contributed by atoms with Crippen molar-refractivity contribution in [3.8, 4) is 0 Å². The van der Waals surface area contributed by atoms with Crippen LogP contribution in [0.2, 0.25) is 0 Å². The van der Waals surface area contributed by atoms with Gasteiger partial charge in [0.1, 0.15) is 5.82 Å². The molecule has 1 amide bonds. The van der Waals surface area contributed by atoms with Crippen LogP contribution >= 0.6 is 0 Å². The lowest BCUT2D eigenvalue weighted by Crippen LogP contribution is -2.48. The highest BCUT2D eigenvalue weighted by Crippen LogP contribution is 2.31. The Labute approximate surface area is 140 Å². The minimum atomic E-state index is -0.248. The van der Waals surface area contributed by atoms with Gasteiger partial charge in [-0.1, -0.05) is 6.07 Å². The average Bonchev–Trinajstić information content (AvgIpc) is 2.95. The van der Waals surface area contributed by atoms with Crippen LogP contribution in [0, 0.1) is 12.8 Å². The maximum atomic E-state index is 12.3. The zero-order valence-electron chi connectivity index (χ0n) is 13.7. The van der Waals surface area contributed by atoms with Gasteiger partial charge in [0.2, 0.25) is 5.91 Å². The number of aromatic nitrogens is 5. The van der Waals surface area contributed by atoms with Crippen LogP contribution in [0.15, 0.2) is 24.4 Å². The first-order chi connectivity index (χ1) is 11.6. The maximum absolute atomic E-state index is 12.3. The zero-order valence-corrected chi connectivity index (χ0v) is 13.7. The van der Waals surface area contributed by atoms with Gasteiger partial charge in [-0.25, -0.2) is 4.68 Å². The Bertz CT molecular complexity index is 668. The van der Waals surface area contributed by atoms with E-state index in [9.17, 15) is 9.90 Å². The second-order valence-corrected chi connectivity index (χ2v) is 6.28. The molecule has 2 aromatic rings. The summed E-state index contributed by atoms with van der Waals surface area (Å²) in [6.45, 7) is 2.26. The number of rotatable bonds is 7. The fourth-order valence-corrected chi connectivity index (χ4v) is 2.98. The predicted octanol–water partition coefficient (Wildman–Crippen LogP) is 0.265. The number of aryl methyl sites for hydroxylation is 2.